The van der Waals surface area contributed by atoms with Crippen molar-refractivity contribution >= 4 is 23.0 Å². The van der Waals surface area contributed by atoms with Gasteiger partial charge in [0.2, 0.25) is 0 Å². The van der Waals surface area contributed by atoms with Crippen molar-refractivity contribution in [3.05, 3.63) is 30.6 Å². The minimum Gasteiger partial charge on any atom is -0.492 e. The van der Waals surface area contributed by atoms with Gasteiger partial charge in [-0.15, -0.1) is 0 Å². The number of anilines is 4. The molecular formula is C15H21N5O. The number of aromatic nitrogens is 2. The first-order valence-corrected chi connectivity index (χ1v) is 7.09. The number of hydrogen-bond acceptors (Lipinski definition) is 6. The molecule has 2 aromatic rings. The quantitative estimate of drug-likeness (QED) is 0.726. The minimum absolute atomic E-state index is 0.497. The third-order valence-corrected chi connectivity index (χ3v) is 2.87. The molecule has 0 spiro atoms. The lowest BCUT2D eigenvalue weighted by molar-refractivity contribution is 0.342. The Bertz CT molecular complexity index is 588. The topological polar surface area (TPSA) is 85.1 Å². The fourth-order valence-electron chi connectivity index (χ4n) is 1.86. The molecule has 4 N–H and O–H groups in total. The Morgan fingerprint density at radius 1 is 1.14 bits per heavy atom. The van der Waals surface area contributed by atoms with Gasteiger partial charge in [0, 0.05) is 6.54 Å². The lowest BCUT2D eigenvalue weighted by atomic mass is 10.3. The number of ether oxygens (including phenoxy) is 1. The van der Waals surface area contributed by atoms with E-state index in [1.807, 2.05) is 31.2 Å². The number of nitrogens with zero attached hydrogens (tertiary/aromatic N) is 2. The number of nitrogens with one attached hydrogen (secondary N) is 2. The fraction of sp³-hybridized carbons (Fsp3) is 0.333. The lowest BCUT2D eigenvalue weighted by Crippen LogP contribution is -2.09. The van der Waals surface area contributed by atoms with Crippen molar-refractivity contribution < 1.29 is 4.74 Å². The second kappa shape index (κ2) is 7.33. The Hall–Kier alpha value is -2.50. The number of benzene rings is 1. The maximum absolute atomic E-state index is 6.11. The van der Waals surface area contributed by atoms with Gasteiger partial charge in [-0.05, 0) is 25.5 Å². The van der Waals surface area contributed by atoms with Crippen LogP contribution >= 0.6 is 0 Å². The average Bonchev–Trinajstić information content (AvgIpc) is 2.50. The molecule has 0 aliphatic heterocycles. The first-order chi connectivity index (χ1) is 10.3. The van der Waals surface area contributed by atoms with Crippen LogP contribution < -0.4 is 21.1 Å². The van der Waals surface area contributed by atoms with Gasteiger partial charge < -0.3 is 21.1 Å². The molecule has 6 heteroatoms. The predicted octanol–water partition coefficient (Wildman–Crippen LogP) is 3.02. The number of nitrogen functional groups attached to an aromatic ring is 1. The summed E-state index contributed by atoms with van der Waals surface area (Å²) in [7, 11) is 0. The summed E-state index contributed by atoms with van der Waals surface area (Å²) >= 11 is 0. The Morgan fingerprint density at radius 2 is 1.90 bits per heavy atom. The van der Waals surface area contributed by atoms with E-state index in [9.17, 15) is 0 Å². The Morgan fingerprint density at radius 3 is 2.67 bits per heavy atom. The molecule has 0 bridgehead atoms. The molecule has 112 valence electrons. The highest BCUT2D eigenvalue weighted by Crippen LogP contribution is 2.30. The summed E-state index contributed by atoms with van der Waals surface area (Å²) < 4.78 is 5.58. The molecule has 0 aliphatic carbocycles. The van der Waals surface area contributed by atoms with E-state index in [1.54, 1.807) is 0 Å². The van der Waals surface area contributed by atoms with Crippen LogP contribution in [-0.2, 0) is 0 Å². The van der Waals surface area contributed by atoms with Crippen molar-refractivity contribution in [2.75, 3.05) is 29.5 Å². The summed E-state index contributed by atoms with van der Waals surface area (Å²) in [5.74, 6) is 1.97. The molecule has 1 heterocycles. The van der Waals surface area contributed by atoms with Crippen molar-refractivity contribution in [3.63, 3.8) is 0 Å². The van der Waals surface area contributed by atoms with Gasteiger partial charge >= 0.3 is 0 Å². The maximum atomic E-state index is 6.11. The monoisotopic (exact) mass is 287 g/mol. The van der Waals surface area contributed by atoms with E-state index < -0.39 is 0 Å². The highest BCUT2D eigenvalue weighted by molar-refractivity contribution is 5.79. The van der Waals surface area contributed by atoms with E-state index in [2.05, 4.69) is 27.5 Å². The lowest BCUT2D eigenvalue weighted by Gasteiger charge is -2.14. The van der Waals surface area contributed by atoms with Crippen LogP contribution in [0, 0.1) is 0 Å². The van der Waals surface area contributed by atoms with Crippen LogP contribution in [0.15, 0.2) is 30.6 Å². The summed E-state index contributed by atoms with van der Waals surface area (Å²) in [5, 5.41) is 6.38. The van der Waals surface area contributed by atoms with Gasteiger partial charge in [-0.1, -0.05) is 19.1 Å². The molecule has 2 rings (SSSR count). The summed E-state index contributed by atoms with van der Waals surface area (Å²) in [5.41, 5.74) is 7.43. The summed E-state index contributed by atoms with van der Waals surface area (Å²) in [6, 6.07) is 7.68. The zero-order valence-electron chi connectivity index (χ0n) is 12.4. The van der Waals surface area contributed by atoms with Gasteiger partial charge in [0.1, 0.15) is 17.8 Å². The van der Waals surface area contributed by atoms with Crippen LogP contribution in [0.4, 0.5) is 23.0 Å². The maximum Gasteiger partial charge on any atom is 0.159 e. The van der Waals surface area contributed by atoms with E-state index >= 15 is 0 Å². The molecule has 0 amide bonds. The van der Waals surface area contributed by atoms with E-state index in [1.165, 1.54) is 6.33 Å². The second-order valence-electron chi connectivity index (χ2n) is 4.47. The summed E-state index contributed by atoms with van der Waals surface area (Å²) in [6.45, 7) is 5.45. The van der Waals surface area contributed by atoms with E-state index in [4.69, 9.17) is 10.5 Å². The Kier molecular flexibility index (Phi) is 5.20. The van der Waals surface area contributed by atoms with Crippen LogP contribution in [0.25, 0.3) is 0 Å². The van der Waals surface area contributed by atoms with Crippen LogP contribution in [0.1, 0.15) is 20.3 Å². The standard InChI is InChI=1S/C15H21N5O/c1-3-9-17-14-13(16)15(19-10-18-14)20-11-7-5-6-8-12(11)21-4-2/h5-8,10H,3-4,9,16H2,1-2H3,(H2,17,18,19,20). The van der Waals surface area contributed by atoms with Gasteiger partial charge in [0.25, 0.3) is 0 Å². The van der Waals surface area contributed by atoms with Crippen LogP contribution in [0.3, 0.4) is 0 Å². The van der Waals surface area contributed by atoms with E-state index in [-0.39, 0.29) is 0 Å². The smallest absolute Gasteiger partial charge is 0.159 e. The Balaban J connectivity index is 2.23. The number of nitrogens with two attached hydrogens (primary N) is 1. The largest absolute Gasteiger partial charge is 0.492 e. The van der Waals surface area contributed by atoms with Gasteiger partial charge in [-0.3, -0.25) is 0 Å². The first-order valence-electron chi connectivity index (χ1n) is 7.09. The molecule has 0 aliphatic rings. The molecule has 1 aromatic carbocycles. The minimum atomic E-state index is 0.497. The average molecular weight is 287 g/mol. The van der Waals surface area contributed by atoms with Crippen molar-refractivity contribution in [2.45, 2.75) is 20.3 Å². The summed E-state index contributed by atoms with van der Waals surface area (Å²) in [6.07, 6.45) is 2.49. The SMILES string of the molecule is CCCNc1ncnc(Nc2ccccc2OCC)c1N. The first kappa shape index (κ1) is 14.9. The van der Waals surface area contributed by atoms with Crippen molar-refractivity contribution in [3.8, 4) is 5.75 Å². The third-order valence-electron chi connectivity index (χ3n) is 2.87. The molecule has 0 radical (unpaired) electrons. The van der Waals surface area contributed by atoms with Crippen LogP contribution in [0.5, 0.6) is 5.75 Å². The van der Waals surface area contributed by atoms with Crippen LogP contribution in [-0.4, -0.2) is 23.1 Å². The normalized spacial score (nSPS) is 10.2. The van der Waals surface area contributed by atoms with Gasteiger partial charge in [0.15, 0.2) is 11.6 Å². The predicted molar refractivity (Wildman–Crippen MR) is 86.1 cm³/mol. The summed E-state index contributed by atoms with van der Waals surface area (Å²) in [4.78, 5) is 8.36. The molecular weight excluding hydrogens is 266 g/mol. The van der Waals surface area contributed by atoms with Gasteiger partial charge in [0.05, 0.1) is 12.3 Å². The van der Waals surface area contributed by atoms with Gasteiger partial charge in [-0.2, -0.15) is 0 Å². The van der Waals surface area contributed by atoms with E-state index in [0.717, 1.165) is 24.4 Å². The van der Waals surface area contributed by atoms with Crippen molar-refractivity contribution in [2.24, 2.45) is 0 Å². The molecule has 1 aromatic heterocycles. The number of rotatable bonds is 7. The zero-order valence-corrected chi connectivity index (χ0v) is 12.4. The van der Waals surface area contributed by atoms with Crippen molar-refractivity contribution in [1.82, 2.24) is 9.97 Å². The molecule has 0 unspecified atom stereocenters. The van der Waals surface area contributed by atoms with Crippen molar-refractivity contribution in [1.29, 1.82) is 0 Å². The molecule has 6 nitrogen and oxygen atoms in total. The highest BCUT2D eigenvalue weighted by atomic mass is 16.5. The highest BCUT2D eigenvalue weighted by Gasteiger charge is 2.10. The molecule has 21 heavy (non-hydrogen) atoms. The second-order valence-corrected chi connectivity index (χ2v) is 4.47. The molecule has 0 fully saturated rings. The number of para-hydroxylation sites is 2. The fourth-order valence-corrected chi connectivity index (χ4v) is 1.86. The molecule has 0 saturated carbocycles. The number of hydrogen-bond donors (Lipinski definition) is 3. The zero-order chi connectivity index (χ0) is 15.1. The molecule has 0 atom stereocenters. The Labute approximate surface area is 124 Å². The van der Waals surface area contributed by atoms with Crippen LogP contribution in [0.2, 0.25) is 0 Å². The van der Waals surface area contributed by atoms with E-state index in [0.29, 0.717) is 23.9 Å². The molecule has 0 saturated heterocycles. The third kappa shape index (κ3) is 3.75. The van der Waals surface area contributed by atoms with Gasteiger partial charge in [-0.25, -0.2) is 9.97 Å².